The number of carbonyl (C=O) groups excluding carboxylic acids is 1. The van der Waals surface area contributed by atoms with Gasteiger partial charge in [0.25, 0.3) is 5.88 Å². The van der Waals surface area contributed by atoms with Gasteiger partial charge in [-0.2, -0.15) is 0 Å². The number of amides is 1. The average Bonchev–Trinajstić information content (AvgIpc) is 3.58. The Kier molecular flexibility index (Phi) is 7.97. The number of anilines is 2. The normalized spacial score (nSPS) is 21.1. The van der Waals surface area contributed by atoms with E-state index in [1.54, 1.807) is 23.1 Å². The first-order valence-corrected chi connectivity index (χ1v) is 14.9. The molecule has 0 bridgehead atoms. The molecule has 43 heavy (non-hydrogen) atoms. The molecule has 0 aliphatic carbocycles. The average molecular weight is 590 g/mol. The van der Waals surface area contributed by atoms with Gasteiger partial charge in [-0.25, -0.2) is 0 Å². The lowest BCUT2D eigenvalue weighted by Crippen LogP contribution is -2.48. The number of hydrogen-bond acceptors (Lipinski definition) is 11. The van der Waals surface area contributed by atoms with Crippen LogP contribution in [0.25, 0.3) is 11.3 Å². The van der Waals surface area contributed by atoms with Gasteiger partial charge in [0, 0.05) is 56.1 Å². The van der Waals surface area contributed by atoms with Crippen molar-refractivity contribution in [1.29, 1.82) is 0 Å². The summed E-state index contributed by atoms with van der Waals surface area (Å²) in [6, 6.07) is 10.8. The van der Waals surface area contributed by atoms with Crippen molar-refractivity contribution >= 4 is 17.4 Å². The Morgan fingerprint density at radius 1 is 1.21 bits per heavy atom. The minimum absolute atomic E-state index is 0.000676. The first-order chi connectivity index (χ1) is 20.7. The SMILES string of the molecule is CC1=C2CN(CCOc3cc([C@H](C(=O)N4C[C@H](O)C[C@H]4C)C(C)C)on3)CCN2c2cc(-c3ccccc3O)nnc2N1. The molecule has 0 spiro atoms. The molecular formula is C31H39N7O5. The van der Waals surface area contributed by atoms with Crippen molar-refractivity contribution in [1.82, 2.24) is 25.2 Å². The third-order valence-corrected chi connectivity index (χ3v) is 8.56. The van der Waals surface area contributed by atoms with Crippen LogP contribution in [0.2, 0.25) is 0 Å². The van der Waals surface area contributed by atoms with E-state index in [0.29, 0.717) is 54.8 Å². The van der Waals surface area contributed by atoms with Gasteiger partial charge in [0.15, 0.2) is 11.6 Å². The van der Waals surface area contributed by atoms with Crippen LogP contribution in [-0.2, 0) is 4.79 Å². The zero-order chi connectivity index (χ0) is 30.2. The highest BCUT2D eigenvalue weighted by molar-refractivity contribution is 5.84. The Bertz CT molecular complexity index is 1520. The molecule has 6 rings (SSSR count). The predicted molar refractivity (Wildman–Crippen MR) is 161 cm³/mol. The van der Waals surface area contributed by atoms with E-state index in [9.17, 15) is 15.0 Å². The van der Waals surface area contributed by atoms with Gasteiger partial charge in [-0.15, -0.1) is 10.2 Å². The van der Waals surface area contributed by atoms with Gasteiger partial charge in [-0.1, -0.05) is 26.0 Å². The van der Waals surface area contributed by atoms with Crippen LogP contribution < -0.4 is 15.0 Å². The highest BCUT2D eigenvalue weighted by Crippen LogP contribution is 2.38. The predicted octanol–water partition coefficient (Wildman–Crippen LogP) is 3.42. The van der Waals surface area contributed by atoms with Crippen molar-refractivity contribution in [3.63, 3.8) is 0 Å². The molecule has 2 fully saturated rings. The first-order valence-electron chi connectivity index (χ1n) is 14.9. The number of nitrogens with one attached hydrogen (secondary N) is 1. The molecule has 12 nitrogen and oxygen atoms in total. The number of phenolic OH excluding ortho intramolecular Hbond substituents is 1. The van der Waals surface area contributed by atoms with Gasteiger partial charge < -0.3 is 34.6 Å². The maximum atomic E-state index is 13.3. The number of rotatable bonds is 8. The molecule has 0 saturated carbocycles. The number of phenols is 1. The summed E-state index contributed by atoms with van der Waals surface area (Å²) in [5.74, 6) is 1.18. The van der Waals surface area contributed by atoms with E-state index in [-0.39, 0.29) is 23.6 Å². The number of likely N-dealkylation sites (tertiary alicyclic amines) is 1. The lowest BCUT2D eigenvalue weighted by Gasteiger charge is -2.42. The van der Waals surface area contributed by atoms with Crippen molar-refractivity contribution < 1.29 is 24.3 Å². The third kappa shape index (κ3) is 5.76. The lowest BCUT2D eigenvalue weighted by molar-refractivity contribution is -0.135. The molecule has 0 radical (unpaired) electrons. The number of fused-ring (bicyclic) bond motifs is 3. The number of aromatic nitrogens is 3. The van der Waals surface area contributed by atoms with Crippen LogP contribution in [0.5, 0.6) is 11.6 Å². The number of ether oxygens (including phenoxy) is 1. The molecular weight excluding hydrogens is 550 g/mol. The number of β-amino-alcohol motifs (C(OH)–C–C–N with tert-alkyl or cyclic N) is 1. The Morgan fingerprint density at radius 2 is 2.02 bits per heavy atom. The van der Waals surface area contributed by atoms with Crippen LogP contribution in [0.4, 0.5) is 11.5 Å². The van der Waals surface area contributed by atoms with Gasteiger partial charge >= 0.3 is 0 Å². The summed E-state index contributed by atoms with van der Waals surface area (Å²) in [6.07, 6.45) is 0.0953. The molecule has 3 aliphatic heterocycles. The highest BCUT2D eigenvalue weighted by Gasteiger charge is 2.38. The van der Waals surface area contributed by atoms with E-state index < -0.39 is 12.0 Å². The summed E-state index contributed by atoms with van der Waals surface area (Å²) >= 11 is 0. The molecule has 1 amide bonds. The van der Waals surface area contributed by atoms with E-state index >= 15 is 0 Å². The summed E-state index contributed by atoms with van der Waals surface area (Å²) in [6.45, 7) is 11.7. The number of aromatic hydroxyl groups is 1. The minimum Gasteiger partial charge on any atom is -0.507 e. The number of allylic oxidation sites excluding steroid dienone is 1. The second-order valence-electron chi connectivity index (χ2n) is 12.0. The maximum absolute atomic E-state index is 13.3. The Labute approximate surface area is 250 Å². The lowest BCUT2D eigenvalue weighted by atomic mass is 9.91. The van der Waals surface area contributed by atoms with E-state index in [1.165, 1.54) is 0 Å². The first kappa shape index (κ1) is 28.9. The fourth-order valence-electron chi connectivity index (χ4n) is 6.27. The number of aliphatic hydroxyl groups is 1. The molecule has 3 atom stereocenters. The quantitative estimate of drug-likeness (QED) is 0.356. The van der Waals surface area contributed by atoms with Gasteiger partial charge in [0.1, 0.15) is 18.3 Å². The second-order valence-corrected chi connectivity index (χ2v) is 12.0. The summed E-state index contributed by atoms with van der Waals surface area (Å²) < 4.78 is 11.6. The molecule has 5 heterocycles. The fourth-order valence-corrected chi connectivity index (χ4v) is 6.27. The third-order valence-electron chi connectivity index (χ3n) is 8.56. The Morgan fingerprint density at radius 3 is 2.77 bits per heavy atom. The van der Waals surface area contributed by atoms with Crippen LogP contribution >= 0.6 is 0 Å². The zero-order valence-electron chi connectivity index (χ0n) is 25.0. The van der Waals surface area contributed by atoms with Crippen molar-refractivity contribution in [2.24, 2.45) is 5.92 Å². The topological polar surface area (TPSA) is 140 Å². The number of nitrogens with zero attached hydrogens (tertiary/aromatic N) is 6. The highest BCUT2D eigenvalue weighted by atomic mass is 16.5. The number of para-hydroxylation sites is 1. The summed E-state index contributed by atoms with van der Waals surface area (Å²) in [5, 5.41) is 36.6. The number of aliphatic hydroxyl groups excluding tert-OH is 1. The Hall–Kier alpha value is -4.16. The van der Waals surface area contributed by atoms with Gasteiger partial charge in [0.2, 0.25) is 5.91 Å². The van der Waals surface area contributed by atoms with E-state index in [1.807, 2.05) is 45.9 Å². The Balaban J connectivity index is 1.07. The smallest absolute Gasteiger partial charge is 0.254 e. The van der Waals surface area contributed by atoms with Gasteiger partial charge in [-0.05, 0) is 49.5 Å². The monoisotopic (exact) mass is 589 g/mol. The van der Waals surface area contributed by atoms with Crippen molar-refractivity contribution in [2.75, 3.05) is 49.5 Å². The molecule has 2 aromatic heterocycles. The summed E-state index contributed by atoms with van der Waals surface area (Å²) in [7, 11) is 0. The summed E-state index contributed by atoms with van der Waals surface area (Å²) in [5.41, 5.74) is 4.37. The second kappa shape index (κ2) is 11.8. The van der Waals surface area contributed by atoms with E-state index in [4.69, 9.17) is 9.26 Å². The number of carbonyl (C=O) groups is 1. The molecule has 3 N–H and O–H groups in total. The molecule has 228 valence electrons. The minimum atomic E-state index is -0.490. The van der Waals surface area contributed by atoms with Crippen molar-refractivity contribution in [3.8, 4) is 22.9 Å². The van der Waals surface area contributed by atoms with Crippen LogP contribution in [0, 0.1) is 5.92 Å². The van der Waals surface area contributed by atoms with Crippen LogP contribution in [0.1, 0.15) is 45.8 Å². The van der Waals surface area contributed by atoms with Crippen LogP contribution in [0.3, 0.4) is 0 Å². The molecule has 3 aliphatic rings. The van der Waals surface area contributed by atoms with E-state index in [2.05, 4.69) is 30.5 Å². The van der Waals surface area contributed by atoms with Crippen molar-refractivity contribution in [2.45, 2.75) is 52.2 Å². The zero-order valence-corrected chi connectivity index (χ0v) is 25.0. The molecule has 12 heteroatoms. The molecule has 2 saturated heterocycles. The van der Waals surface area contributed by atoms with Gasteiger partial charge in [-0.3, -0.25) is 9.69 Å². The molecule has 1 aromatic carbocycles. The molecule has 3 aromatic rings. The van der Waals surface area contributed by atoms with Gasteiger partial charge in [0.05, 0.1) is 23.2 Å². The summed E-state index contributed by atoms with van der Waals surface area (Å²) in [4.78, 5) is 19.7. The van der Waals surface area contributed by atoms with Crippen LogP contribution in [0.15, 0.2) is 52.3 Å². The van der Waals surface area contributed by atoms with E-state index in [0.717, 1.165) is 36.7 Å². The largest absolute Gasteiger partial charge is 0.507 e. The standard InChI is InChI=1S/C31H39N7O5/c1-18(2)29(31(41)38-16-21(39)13-19(38)3)27-15-28(35-43-27)42-12-11-36-9-10-37-24-14-23(22-7-5-6-8-26(22)40)33-34-30(24)32-20(4)25(37)17-36/h5-8,14-15,18-19,21,29,39-40H,9-13,16-17H2,1-4H3,(H,32,34)/t19-,21-,29-/m1/s1. The number of hydrogen-bond donors (Lipinski definition) is 3. The number of piperazine rings is 1. The maximum Gasteiger partial charge on any atom is 0.254 e. The van der Waals surface area contributed by atoms with Crippen LogP contribution in [-0.4, -0.2) is 92.8 Å². The number of benzene rings is 1. The fraction of sp³-hybridized carbons (Fsp3) is 0.484. The van der Waals surface area contributed by atoms with Crippen molar-refractivity contribution in [3.05, 3.63) is 53.6 Å². The molecule has 0 unspecified atom stereocenters.